The van der Waals surface area contributed by atoms with Gasteiger partial charge in [0.05, 0.1) is 13.2 Å². The highest BCUT2D eigenvalue weighted by Gasteiger charge is 2.10. The summed E-state index contributed by atoms with van der Waals surface area (Å²) in [6.45, 7) is 2.19. The molecule has 2 rings (SSSR count). The highest BCUT2D eigenvalue weighted by atomic mass is 16.5. The van der Waals surface area contributed by atoms with E-state index in [2.05, 4.69) is 5.32 Å². The second kappa shape index (κ2) is 6.26. The largest absolute Gasteiger partial charge is 0.490 e. The number of hydrogen-bond acceptors (Lipinski definition) is 4. The third kappa shape index (κ3) is 3.37. The van der Waals surface area contributed by atoms with Crippen LogP contribution in [0.15, 0.2) is 18.2 Å². The molecule has 0 saturated heterocycles. The number of hydrogen-bond donors (Lipinski definition) is 2. The average Bonchev–Trinajstić information content (AvgIpc) is 2.61. The predicted octanol–water partition coefficient (Wildman–Crippen LogP) is 0.813. The van der Waals surface area contributed by atoms with E-state index in [-0.39, 0.29) is 5.91 Å². The quantitative estimate of drug-likeness (QED) is 0.829. The number of nitrogens with two attached hydrogens (primary N) is 1. The number of carbonyl (C=O) groups is 1. The van der Waals surface area contributed by atoms with E-state index in [1.807, 2.05) is 18.2 Å². The fourth-order valence-electron chi connectivity index (χ4n) is 1.74. The third-order valence-electron chi connectivity index (χ3n) is 2.67. The van der Waals surface area contributed by atoms with E-state index in [0.29, 0.717) is 32.7 Å². The zero-order valence-corrected chi connectivity index (χ0v) is 10.3. The molecule has 1 aromatic carbocycles. The molecule has 0 bridgehead atoms. The van der Waals surface area contributed by atoms with Gasteiger partial charge in [0.15, 0.2) is 11.5 Å². The minimum Gasteiger partial charge on any atom is -0.490 e. The van der Waals surface area contributed by atoms with Crippen molar-refractivity contribution >= 4 is 5.91 Å². The highest BCUT2D eigenvalue weighted by Crippen LogP contribution is 2.30. The van der Waals surface area contributed by atoms with Crippen LogP contribution in [0, 0.1) is 0 Å². The molecule has 0 spiro atoms. The molecule has 18 heavy (non-hydrogen) atoms. The summed E-state index contributed by atoms with van der Waals surface area (Å²) in [5, 5.41) is 2.81. The molecule has 1 aliphatic rings. The van der Waals surface area contributed by atoms with Crippen molar-refractivity contribution in [1.82, 2.24) is 5.32 Å². The van der Waals surface area contributed by atoms with Crippen LogP contribution in [0.4, 0.5) is 0 Å². The smallest absolute Gasteiger partial charge is 0.221 e. The summed E-state index contributed by atoms with van der Waals surface area (Å²) < 4.78 is 11.1. The van der Waals surface area contributed by atoms with Crippen molar-refractivity contribution in [3.05, 3.63) is 23.8 Å². The summed E-state index contributed by atoms with van der Waals surface area (Å²) in [7, 11) is 0. The Balaban J connectivity index is 1.97. The normalized spacial score (nSPS) is 13.8. The lowest BCUT2D eigenvalue weighted by molar-refractivity contribution is -0.121. The Labute approximate surface area is 106 Å². The van der Waals surface area contributed by atoms with Crippen LogP contribution in [0.25, 0.3) is 0 Å². The molecule has 5 nitrogen and oxygen atoms in total. The van der Waals surface area contributed by atoms with Gasteiger partial charge >= 0.3 is 0 Å². The number of fused-ring (bicyclic) bond motifs is 1. The molecule has 1 aromatic rings. The summed E-state index contributed by atoms with van der Waals surface area (Å²) in [5.74, 6) is 1.48. The molecule has 0 atom stereocenters. The van der Waals surface area contributed by atoms with Crippen LogP contribution in [0.1, 0.15) is 18.4 Å². The van der Waals surface area contributed by atoms with E-state index in [4.69, 9.17) is 15.2 Å². The number of amides is 1. The van der Waals surface area contributed by atoms with Gasteiger partial charge < -0.3 is 20.5 Å². The fourth-order valence-corrected chi connectivity index (χ4v) is 1.74. The molecule has 98 valence electrons. The van der Waals surface area contributed by atoms with Crippen molar-refractivity contribution in [3.8, 4) is 11.5 Å². The number of carbonyl (C=O) groups excluding carboxylic acids is 1. The van der Waals surface area contributed by atoms with E-state index >= 15 is 0 Å². The molecule has 0 radical (unpaired) electrons. The Morgan fingerprint density at radius 3 is 2.83 bits per heavy atom. The molecule has 0 unspecified atom stereocenters. The van der Waals surface area contributed by atoms with E-state index < -0.39 is 0 Å². The highest BCUT2D eigenvalue weighted by molar-refractivity contribution is 5.76. The number of ether oxygens (including phenoxy) is 2. The van der Waals surface area contributed by atoms with Crippen molar-refractivity contribution in [2.75, 3.05) is 19.8 Å². The minimum absolute atomic E-state index is 0.0374. The van der Waals surface area contributed by atoms with Crippen LogP contribution in [0.5, 0.6) is 11.5 Å². The first-order chi connectivity index (χ1) is 8.79. The molecular formula is C13H18N2O3. The van der Waals surface area contributed by atoms with Crippen LogP contribution in [-0.2, 0) is 11.3 Å². The van der Waals surface area contributed by atoms with Gasteiger partial charge in [0.25, 0.3) is 0 Å². The van der Waals surface area contributed by atoms with E-state index in [1.54, 1.807) is 0 Å². The molecule has 1 amide bonds. The van der Waals surface area contributed by atoms with Crippen LogP contribution in [-0.4, -0.2) is 25.7 Å². The Morgan fingerprint density at radius 2 is 2.06 bits per heavy atom. The van der Waals surface area contributed by atoms with Gasteiger partial charge in [0.2, 0.25) is 5.91 Å². The van der Waals surface area contributed by atoms with E-state index in [9.17, 15) is 4.79 Å². The van der Waals surface area contributed by atoms with Gasteiger partial charge in [-0.1, -0.05) is 6.07 Å². The van der Waals surface area contributed by atoms with Gasteiger partial charge in [-0.2, -0.15) is 0 Å². The lowest BCUT2D eigenvalue weighted by atomic mass is 10.2. The first kappa shape index (κ1) is 12.7. The second-order valence-corrected chi connectivity index (χ2v) is 4.15. The van der Waals surface area contributed by atoms with Crippen LogP contribution in [0.2, 0.25) is 0 Å². The van der Waals surface area contributed by atoms with Gasteiger partial charge in [-0.15, -0.1) is 0 Å². The minimum atomic E-state index is -0.0374. The number of nitrogens with one attached hydrogen (secondary N) is 1. The lowest BCUT2D eigenvalue weighted by Crippen LogP contribution is -2.24. The molecule has 0 aliphatic carbocycles. The van der Waals surface area contributed by atoms with Crippen molar-refractivity contribution < 1.29 is 14.3 Å². The summed E-state index contributed by atoms with van der Waals surface area (Å²) in [4.78, 5) is 11.3. The van der Waals surface area contributed by atoms with Crippen LogP contribution < -0.4 is 20.5 Å². The lowest BCUT2D eigenvalue weighted by Gasteiger charge is -2.10. The van der Waals surface area contributed by atoms with Crippen LogP contribution >= 0.6 is 0 Å². The van der Waals surface area contributed by atoms with E-state index in [1.165, 1.54) is 0 Å². The zero-order chi connectivity index (χ0) is 12.8. The summed E-state index contributed by atoms with van der Waals surface area (Å²) in [6.07, 6.45) is 1.24. The van der Waals surface area contributed by atoms with Crippen molar-refractivity contribution in [1.29, 1.82) is 0 Å². The average molecular weight is 250 g/mol. The van der Waals surface area contributed by atoms with Crippen molar-refractivity contribution in [3.63, 3.8) is 0 Å². The Hall–Kier alpha value is -1.75. The molecule has 1 aliphatic heterocycles. The van der Waals surface area contributed by atoms with Gasteiger partial charge in [0.1, 0.15) is 0 Å². The molecule has 5 heteroatoms. The van der Waals surface area contributed by atoms with Gasteiger partial charge in [-0.3, -0.25) is 4.79 Å². The number of benzene rings is 1. The third-order valence-corrected chi connectivity index (χ3v) is 2.67. The Morgan fingerprint density at radius 1 is 1.28 bits per heavy atom. The van der Waals surface area contributed by atoms with Gasteiger partial charge in [0, 0.05) is 25.9 Å². The van der Waals surface area contributed by atoms with Crippen molar-refractivity contribution in [2.45, 2.75) is 19.4 Å². The zero-order valence-electron chi connectivity index (χ0n) is 10.3. The fraction of sp³-hybridized carbons (Fsp3) is 0.462. The molecule has 0 fully saturated rings. The first-order valence-corrected chi connectivity index (χ1v) is 6.15. The topological polar surface area (TPSA) is 73.6 Å². The maximum absolute atomic E-state index is 11.3. The molecule has 0 aromatic heterocycles. The van der Waals surface area contributed by atoms with Crippen LogP contribution in [0.3, 0.4) is 0 Å². The SMILES string of the molecule is NCCC(=O)NCc1ccc2c(c1)OCCCO2. The monoisotopic (exact) mass is 250 g/mol. The second-order valence-electron chi connectivity index (χ2n) is 4.15. The van der Waals surface area contributed by atoms with E-state index in [0.717, 1.165) is 23.5 Å². The van der Waals surface area contributed by atoms with Gasteiger partial charge in [-0.05, 0) is 17.7 Å². The summed E-state index contributed by atoms with van der Waals surface area (Å²) in [5.41, 5.74) is 6.30. The van der Waals surface area contributed by atoms with Gasteiger partial charge in [-0.25, -0.2) is 0 Å². The molecule has 0 saturated carbocycles. The Bertz CT molecular complexity index is 421. The summed E-state index contributed by atoms with van der Waals surface area (Å²) >= 11 is 0. The molecule has 1 heterocycles. The predicted molar refractivity (Wildman–Crippen MR) is 67.6 cm³/mol. The first-order valence-electron chi connectivity index (χ1n) is 6.15. The maximum atomic E-state index is 11.3. The standard InChI is InChI=1S/C13H18N2O3/c14-5-4-13(16)15-9-10-2-3-11-12(8-10)18-7-1-6-17-11/h2-3,8H,1,4-7,9,14H2,(H,15,16). The maximum Gasteiger partial charge on any atom is 0.221 e. The molecular weight excluding hydrogens is 232 g/mol. The summed E-state index contributed by atoms with van der Waals surface area (Å²) in [6, 6.07) is 5.71. The van der Waals surface area contributed by atoms with Crippen molar-refractivity contribution in [2.24, 2.45) is 5.73 Å². The number of rotatable bonds is 4. The Kier molecular flexibility index (Phi) is 4.41. The molecule has 3 N–H and O–H groups in total.